The summed E-state index contributed by atoms with van der Waals surface area (Å²) in [5.74, 6) is 1.88. The number of rotatable bonds is 10. The lowest BCUT2D eigenvalue weighted by Gasteiger charge is -2.32. The normalized spacial score (nSPS) is 12.6. The van der Waals surface area contributed by atoms with Gasteiger partial charge in [0.15, 0.2) is 0 Å². The molecule has 8 nitrogen and oxygen atoms in total. The number of carboxylic acid groups (broad SMARTS) is 1. The highest BCUT2D eigenvalue weighted by atomic mass is 16.5. The summed E-state index contributed by atoms with van der Waals surface area (Å²) in [6, 6.07) is 20.7. The number of carboxylic acids is 1. The molecule has 1 aliphatic heterocycles. The van der Waals surface area contributed by atoms with E-state index in [1.807, 2.05) is 54.3 Å². The van der Waals surface area contributed by atoms with Crippen LogP contribution in [0.4, 0.5) is 0 Å². The number of hydrogen-bond acceptors (Lipinski definition) is 6. The van der Waals surface area contributed by atoms with E-state index in [1.54, 1.807) is 31.4 Å². The Morgan fingerprint density at radius 3 is 2.50 bits per heavy atom. The van der Waals surface area contributed by atoms with Gasteiger partial charge in [0.25, 0.3) is 5.91 Å². The lowest BCUT2D eigenvalue weighted by Crippen LogP contribution is -2.36. The Hall–Kier alpha value is -4.59. The van der Waals surface area contributed by atoms with Gasteiger partial charge in [0.05, 0.1) is 19.4 Å². The van der Waals surface area contributed by atoms with Crippen molar-refractivity contribution in [1.82, 2.24) is 9.88 Å². The molecule has 40 heavy (non-hydrogen) atoms. The van der Waals surface area contributed by atoms with Gasteiger partial charge in [0.1, 0.15) is 17.3 Å². The lowest BCUT2D eigenvalue weighted by molar-refractivity contribution is -0.136. The van der Waals surface area contributed by atoms with Gasteiger partial charge in [-0.05, 0) is 73.4 Å². The number of carbonyl (C=O) groups is 2. The van der Waals surface area contributed by atoms with E-state index in [-0.39, 0.29) is 12.3 Å². The molecule has 0 saturated heterocycles. The van der Waals surface area contributed by atoms with Crippen LogP contribution in [0.1, 0.15) is 44.9 Å². The number of fused-ring (bicyclic) bond motifs is 1. The minimum atomic E-state index is -0.853. The summed E-state index contributed by atoms with van der Waals surface area (Å²) in [5.41, 5.74) is 5.29. The van der Waals surface area contributed by atoms with Crippen LogP contribution in [0.15, 0.2) is 71.1 Å². The van der Waals surface area contributed by atoms with Crippen molar-refractivity contribution in [3.05, 3.63) is 100 Å². The van der Waals surface area contributed by atoms with Gasteiger partial charge in [-0.25, -0.2) is 4.98 Å². The molecule has 4 aromatic rings. The highest BCUT2D eigenvalue weighted by molar-refractivity contribution is 5.94. The van der Waals surface area contributed by atoms with E-state index >= 15 is 0 Å². The number of ether oxygens (including phenoxy) is 2. The van der Waals surface area contributed by atoms with Crippen molar-refractivity contribution in [1.29, 1.82) is 0 Å². The van der Waals surface area contributed by atoms with Gasteiger partial charge in [-0.2, -0.15) is 0 Å². The Morgan fingerprint density at radius 1 is 1.00 bits per heavy atom. The van der Waals surface area contributed by atoms with E-state index in [9.17, 15) is 14.7 Å². The summed E-state index contributed by atoms with van der Waals surface area (Å²) in [6.07, 6.45) is 1.62. The van der Waals surface area contributed by atoms with E-state index in [4.69, 9.17) is 13.9 Å². The molecule has 2 heterocycles. The first-order chi connectivity index (χ1) is 19.4. The highest BCUT2D eigenvalue weighted by Crippen LogP contribution is 2.33. The number of nitrogens with zero attached hydrogens (tertiary/aromatic N) is 2. The van der Waals surface area contributed by atoms with Crippen LogP contribution in [-0.4, -0.2) is 47.1 Å². The zero-order valence-corrected chi connectivity index (χ0v) is 22.7. The second-order valence-electron chi connectivity index (χ2n) is 9.77. The topological polar surface area (TPSA) is 102 Å². The average molecular weight is 541 g/mol. The molecule has 206 valence electrons. The van der Waals surface area contributed by atoms with E-state index in [1.165, 1.54) is 0 Å². The van der Waals surface area contributed by atoms with E-state index < -0.39 is 5.97 Å². The van der Waals surface area contributed by atoms with Crippen LogP contribution in [0.5, 0.6) is 11.5 Å². The minimum absolute atomic E-state index is 0.0221. The molecule has 0 saturated carbocycles. The maximum absolute atomic E-state index is 13.3. The maximum atomic E-state index is 13.3. The Bertz CT molecular complexity index is 1490. The van der Waals surface area contributed by atoms with Crippen molar-refractivity contribution < 1.29 is 28.6 Å². The second kappa shape index (κ2) is 12.1. The Kier molecular flexibility index (Phi) is 8.15. The standard InChI is InChI=1S/C32H32N2O6/c1-21-28(33-31(40-21)23-6-4-3-5-7-23)17-19-39-29-14-10-22(11-15-30(35)36)27-20-34(18-16-26(27)29)32(37)24-8-12-25(38-2)13-9-24/h3-10,12-14H,11,15-20H2,1-2H3,(H,35,36). The fourth-order valence-corrected chi connectivity index (χ4v) is 5.03. The number of aliphatic carboxylic acids is 1. The summed E-state index contributed by atoms with van der Waals surface area (Å²) < 4.78 is 17.3. The van der Waals surface area contributed by atoms with Gasteiger partial charge < -0.3 is 23.9 Å². The van der Waals surface area contributed by atoms with Crippen LogP contribution in [0.3, 0.4) is 0 Å². The predicted molar refractivity (Wildman–Crippen MR) is 150 cm³/mol. The van der Waals surface area contributed by atoms with Gasteiger partial charge in [-0.15, -0.1) is 0 Å². The quantitative estimate of drug-likeness (QED) is 0.284. The van der Waals surface area contributed by atoms with Gasteiger partial charge in [0, 0.05) is 42.6 Å². The largest absolute Gasteiger partial charge is 0.497 e. The van der Waals surface area contributed by atoms with Gasteiger partial charge in [-0.3, -0.25) is 9.59 Å². The van der Waals surface area contributed by atoms with Crippen molar-refractivity contribution in [2.75, 3.05) is 20.3 Å². The van der Waals surface area contributed by atoms with Crippen molar-refractivity contribution in [3.63, 3.8) is 0 Å². The van der Waals surface area contributed by atoms with Crippen molar-refractivity contribution in [2.24, 2.45) is 0 Å². The Balaban J connectivity index is 1.32. The molecule has 1 aliphatic rings. The average Bonchev–Trinajstić information content (AvgIpc) is 3.36. The third-order valence-electron chi connectivity index (χ3n) is 7.21. The highest BCUT2D eigenvalue weighted by Gasteiger charge is 2.26. The number of carbonyl (C=O) groups excluding carboxylic acids is 1. The van der Waals surface area contributed by atoms with E-state index in [0.717, 1.165) is 39.5 Å². The molecule has 8 heteroatoms. The van der Waals surface area contributed by atoms with Crippen molar-refractivity contribution in [2.45, 2.75) is 39.2 Å². The molecular formula is C32H32N2O6. The molecule has 0 aliphatic carbocycles. The summed E-state index contributed by atoms with van der Waals surface area (Å²) in [6.45, 7) is 3.26. The molecule has 0 bridgehead atoms. The van der Waals surface area contributed by atoms with Crippen molar-refractivity contribution in [3.8, 4) is 23.0 Å². The summed E-state index contributed by atoms with van der Waals surface area (Å²) in [4.78, 5) is 31.1. The van der Waals surface area contributed by atoms with Crippen molar-refractivity contribution >= 4 is 11.9 Å². The molecule has 1 amide bonds. The van der Waals surface area contributed by atoms with Gasteiger partial charge in [-0.1, -0.05) is 24.3 Å². The molecule has 0 fully saturated rings. The summed E-state index contributed by atoms with van der Waals surface area (Å²) in [7, 11) is 1.59. The lowest BCUT2D eigenvalue weighted by atomic mass is 9.91. The smallest absolute Gasteiger partial charge is 0.303 e. The SMILES string of the molecule is COc1ccc(C(=O)N2CCc3c(OCCc4nc(-c5ccccc5)oc4C)ccc(CCC(=O)O)c3C2)cc1. The third kappa shape index (κ3) is 6.01. The third-order valence-corrected chi connectivity index (χ3v) is 7.21. The molecule has 0 radical (unpaired) electrons. The predicted octanol–water partition coefficient (Wildman–Crippen LogP) is 5.50. The maximum Gasteiger partial charge on any atom is 0.303 e. The number of amides is 1. The van der Waals surface area contributed by atoms with Crippen LogP contribution in [0, 0.1) is 6.92 Å². The minimum Gasteiger partial charge on any atom is -0.497 e. The number of aryl methyl sites for hydroxylation is 2. The Morgan fingerprint density at radius 2 is 1.77 bits per heavy atom. The van der Waals surface area contributed by atoms with E-state index in [2.05, 4.69) is 4.98 Å². The van der Waals surface area contributed by atoms with E-state index in [0.29, 0.717) is 56.2 Å². The number of hydrogen-bond donors (Lipinski definition) is 1. The number of aromatic nitrogens is 1. The van der Waals surface area contributed by atoms with Crippen LogP contribution in [0.25, 0.3) is 11.5 Å². The zero-order chi connectivity index (χ0) is 28.1. The van der Waals surface area contributed by atoms with Crippen LogP contribution in [0.2, 0.25) is 0 Å². The summed E-state index contributed by atoms with van der Waals surface area (Å²) >= 11 is 0. The fourth-order valence-electron chi connectivity index (χ4n) is 5.03. The van der Waals surface area contributed by atoms with Crippen LogP contribution in [-0.2, 0) is 30.6 Å². The fraction of sp³-hybridized carbons (Fsp3) is 0.281. The molecular weight excluding hydrogens is 508 g/mol. The molecule has 0 unspecified atom stereocenters. The first-order valence-corrected chi connectivity index (χ1v) is 13.4. The first-order valence-electron chi connectivity index (χ1n) is 13.4. The van der Waals surface area contributed by atoms with Gasteiger partial charge in [0.2, 0.25) is 5.89 Å². The molecule has 3 aromatic carbocycles. The monoisotopic (exact) mass is 540 g/mol. The van der Waals surface area contributed by atoms with Crippen LogP contribution >= 0.6 is 0 Å². The Labute approximate surface area is 233 Å². The first kappa shape index (κ1) is 27.0. The zero-order valence-electron chi connectivity index (χ0n) is 22.7. The van der Waals surface area contributed by atoms with Gasteiger partial charge >= 0.3 is 5.97 Å². The molecule has 1 aromatic heterocycles. The number of oxazole rings is 1. The van der Waals surface area contributed by atoms with Crippen LogP contribution < -0.4 is 9.47 Å². The molecule has 1 N–H and O–H groups in total. The molecule has 5 rings (SSSR count). The molecule has 0 spiro atoms. The number of benzene rings is 3. The number of methoxy groups -OCH3 is 1. The second-order valence-corrected chi connectivity index (χ2v) is 9.77. The summed E-state index contributed by atoms with van der Waals surface area (Å²) in [5, 5.41) is 9.27. The molecule has 0 atom stereocenters.